The van der Waals surface area contributed by atoms with E-state index in [-0.39, 0.29) is 6.03 Å². The fourth-order valence-electron chi connectivity index (χ4n) is 1.13. The second-order valence-corrected chi connectivity index (χ2v) is 4.18. The molecule has 0 heterocycles. The highest BCUT2D eigenvalue weighted by atomic mass is 35.5. The Bertz CT molecular complexity index is 369. The van der Waals surface area contributed by atoms with Crippen molar-refractivity contribution < 1.29 is 4.79 Å². The zero-order chi connectivity index (χ0) is 12.0. The van der Waals surface area contributed by atoms with Crippen molar-refractivity contribution in [2.24, 2.45) is 0 Å². The zero-order valence-corrected chi connectivity index (χ0v) is 10.5. The van der Waals surface area contributed by atoms with E-state index in [1.54, 1.807) is 18.2 Å². The van der Waals surface area contributed by atoms with Gasteiger partial charge in [-0.3, -0.25) is 0 Å². The van der Waals surface area contributed by atoms with Gasteiger partial charge in [0.2, 0.25) is 0 Å². The summed E-state index contributed by atoms with van der Waals surface area (Å²) in [6.07, 6.45) is 2.02. The minimum Gasteiger partial charge on any atom is -0.338 e. The molecule has 16 heavy (non-hydrogen) atoms. The zero-order valence-electron chi connectivity index (χ0n) is 9.02. The number of anilines is 1. The van der Waals surface area contributed by atoms with Crippen LogP contribution in [0.1, 0.15) is 19.8 Å². The van der Waals surface area contributed by atoms with Crippen molar-refractivity contribution >= 4 is 34.9 Å². The quantitative estimate of drug-likeness (QED) is 0.792. The van der Waals surface area contributed by atoms with E-state index in [0.29, 0.717) is 22.3 Å². The first kappa shape index (κ1) is 13.1. The molecule has 0 aliphatic rings. The van der Waals surface area contributed by atoms with Gasteiger partial charge in [0.05, 0.1) is 10.0 Å². The molecule has 3 nitrogen and oxygen atoms in total. The van der Waals surface area contributed by atoms with Crippen molar-refractivity contribution in [1.29, 1.82) is 0 Å². The third kappa shape index (κ3) is 4.29. The molecule has 1 aromatic rings. The maximum absolute atomic E-state index is 11.4. The Morgan fingerprint density at radius 1 is 1.31 bits per heavy atom. The number of urea groups is 1. The standard InChI is InChI=1S/C11H14Cl2N2O/c1-2-3-6-14-11(16)15-8-4-5-9(12)10(13)7-8/h4-5,7H,2-3,6H2,1H3,(H2,14,15,16). The maximum atomic E-state index is 11.4. The second kappa shape index (κ2) is 6.61. The van der Waals surface area contributed by atoms with Gasteiger partial charge in [0.15, 0.2) is 0 Å². The van der Waals surface area contributed by atoms with Gasteiger partial charge in [0, 0.05) is 12.2 Å². The van der Waals surface area contributed by atoms with Crippen LogP contribution in [0.2, 0.25) is 10.0 Å². The highest BCUT2D eigenvalue weighted by Gasteiger charge is 2.03. The molecule has 2 amide bonds. The molecule has 1 aromatic carbocycles. The van der Waals surface area contributed by atoms with Gasteiger partial charge in [-0.15, -0.1) is 0 Å². The molecule has 0 aliphatic carbocycles. The van der Waals surface area contributed by atoms with Crippen LogP contribution in [0.3, 0.4) is 0 Å². The highest BCUT2D eigenvalue weighted by molar-refractivity contribution is 6.42. The topological polar surface area (TPSA) is 41.1 Å². The number of carbonyl (C=O) groups excluding carboxylic acids is 1. The van der Waals surface area contributed by atoms with Crippen molar-refractivity contribution in [2.45, 2.75) is 19.8 Å². The van der Waals surface area contributed by atoms with E-state index in [1.807, 2.05) is 0 Å². The Hall–Kier alpha value is -0.930. The normalized spacial score (nSPS) is 9.94. The van der Waals surface area contributed by atoms with Gasteiger partial charge in [-0.1, -0.05) is 36.5 Å². The van der Waals surface area contributed by atoms with E-state index in [0.717, 1.165) is 12.8 Å². The molecule has 0 unspecified atom stereocenters. The number of hydrogen-bond donors (Lipinski definition) is 2. The first-order valence-corrected chi connectivity index (χ1v) is 5.89. The Morgan fingerprint density at radius 2 is 2.06 bits per heavy atom. The molecule has 0 radical (unpaired) electrons. The third-order valence-corrected chi connectivity index (χ3v) is 2.73. The van der Waals surface area contributed by atoms with Crippen LogP contribution < -0.4 is 10.6 Å². The van der Waals surface area contributed by atoms with Crippen molar-refractivity contribution in [2.75, 3.05) is 11.9 Å². The van der Waals surface area contributed by atoms with Gasteiger partial charge in [0.25, 0.3) is 0 Å². The molecule has 0 saturated heterocycles. The fraction of sp³-hybridized carbons (Fsp3) is 0.364. The van der Waals surface area contributed by atoms with Crippen molar-refractivity contribution in [3.8, 4) is 0 Å². The van der Waals surface area contributed by atoms with Crippen molar-refractivity contribution in [1.82, 2.24) is 5.32 Å². The van der Waals surface area contributed by atoms with Gasteiger partial charge in [0.1, 0.15) is 0 Å². The van der Waals surface area contributed by atoms with E-state index in [4.69, 9.17) is 23.2 Å². The number of halogens is 2. The largest absolute Gasteiger partial charge is 0.338 e. The van der Waals surface area contributed by atoms with Crippen LogP contribution in [0.25, 0.3) is 0 Å². The van der Waals surface area contributed by atoms with Crippen LogP contribution in [0.4, 0.5) is 10.5 Å². The SMILES string of the molecule is CCCCNC(=O)Nc1ccc(Cl)c(Cl)c1. The molecule has 2 N–H and O–H groups in total. The van der Waals surface area contributed by atoms with Crippen molar-refractivity contribution in [3.63, 3.8) is 0 Å². The number of benzene rings is 1. The molecular weight excluding hydrogens is 247 g/mol. The summed E-state index contributed by atoms with van der Waals surface area (Å²) in [7, 11) is 0. The smallest absolute Gasteiger partial charge is 0.319 e. The van der Waals surface area contributed by atoms with Gasteiger partial charge in [-0.25, -0.2) is 4.79 Å². The second-order valence-electron chi connectivity index (χ2n) is 3.36. The molecule has 1 rings (SSSR count). The van der Waals surface area contributed by atoms with Crippen LogP contribution in [0, 0.1) is 0 Å². The number of nitrogens with one attached hydrogen (secondary N) is 2. The third-order valence-electron chi connectivity index (χ3n) is 1.99. The molecule has 0 fully saturated rings. The summed E-state index contributed by atoms with van der Waals surface area (Å²) in [5, 5.41) is 6.31. The van der Waals surface area contributed by atoms with E-state index in [2.05, 4.69) is 17.6 Å². The molecule has 0 bridgehead atoms. The van der Waals surface area contributed by atoms with Crippen LogP contribution >= 0.6 is 23.2 Å². The summed E-state index contributed by atoms with van der Waals surface area (Å²) in [5.74, 6) is 0. The predicted octanol–water partition coefficient (Wildman–Crippen LogP) is 3.92. The number of amides is 2. The summed E-state index contributed by atoms with van der Waals surface area (Å²) in [5.41, 5.74) is 0.628. The van der Waals surface area contributed by atoms with Gasteiger partial charge >= 0.3 is 6.03 Å². The van der Waals surface area contributed by atoms with Crippen LogP contribution in [-0.4, -0.2) is 12.6 Å². The van der Waals surface area contributed by atoms with Gasteiger partial charge in [-0.2, -0.15) is 0 Å². The Balaban J connectivity index is 2.46. The summed E-state index contributed by atoms with van der Waals surface area (Å²) >= 11 is 11.6. The van der Waals surface area contributed by atoms with Crippen molar-refractivity contribution in [3.05, 3.63) is 28.2 Å². The highest BCUT2D eigenvalue weighted by Crippen LogP contribution is 2.24. The minimum atomic E-state index is -0.230. The van der Waals surface area contributed by atoms with Gasteiger partial charge < -0.3 is 10.6 Å². The summed E-state index contributed by atoms with van der Waals surface area (Å²) in [6.45, 7) is 2.74. The Morgan fingerprint density at radius 3 is 2.69 bits per heavy atom. The van der Waals surface area contributed by atoms with Crippen LogP contribution in [0.5, 0.6) is 0 Å². The molecular formula is C11H14Cl2N2O. The molecule has 0 spiro atoms. The van der Waals surface area contributed by atoms with E-state index in [9.17, 15) is 4.79 Å². The first-order chi connectivity index (χ1) is 7.63. The number of hydrogen-bond acceptors (Lipinski definition) is 1. The lowest BCUT2D eigenvalue weighted by Gasteiger charge is -2.07. The minimum absolute atomic E-state index is 0.230. The van der Waals surface area contributed by atoms with Crippen LogP contribution in [-0.2, 0) is 0 Å². The first-order valence-electron chi connectivity index (χ1n) is 5.13. The summed E-state index contributed by atoms with van der Waals surface area (Å²) < 4.78 is 0. The predicted molar refractivity (Wildman–Crippen MR) is 68.4 cm³/mol. The van der Waals surface area contributed by atoms with Gasteiger partial charge in [-0.05, 0) is 24.6 Å². The molecule has 0 aliphatic heterocycles. The number of carbonyl (C=O) groups is 1. The van der Waals surface area contributed by atoms with E-state index in [1.165, 1.54) is 0 Å². The number of rotatable bonds is 4. The summed E-state index contributed by atoms with van der Waals surface area (Å²) in [6, 6.07) is 4.73. The lowest BCUT2D eigenvalue weighted by molar-refractivity contribution is 0.252. The Kier molecular flexibility index (Phi) is 5.43. The molecule has 0 saturated carbocycles. The number of unbranched alkanes of at least 4 members (excludes halogenated alkanes) is 1. The van der Waals surface area contributed by atoms with E-state index < -0.39 is 0 Å². The summed E-state index contributed by atoms with van der Waals surface area (Å²) in [4.78, 5) is 11.4. The molecule has 88 valence electrons. The molecule has 0 atom stereocenters. The van der Waals surface area contributed by atoms with Crippen LogP contribution in [0.15, 0.2) is 18.2 Å². The average molecular weight is 261 g/mol. The lowest BCUT2D eigenvalue weighted by atomic mass is 10.3. The maximum Gasteiger partial charge on any atom is 0.319 e. The Labute approximate surface area is 105 Å². The molecule has 5 heteroatoms. The van der Waals surface area contributed by atoms with E-state index >= 15 is 0 Å². The fourth-order valence-corrected chi connectivity index (χ4v) is 1.43. The monoisotopic (exact) mass is 260 g/mol. The molecule has 0 aromatic heterocycles. The lowest BCUT2D eigenvalue weighted by Crippen LogP contribution is -2.29. The average Bonchev–Trinajstić information content (AvgIpc) is 2.24.